The van der Waals surface area contributed by atoms with E-state index in [1.54, 1.807) is 0 Å². The van der Waals surface area contributed by atoms with Crippen molar-refractivity contribution in [2.24, 2.45) is 0 Å². The van der Waals surface area contributed by atoms with Gasteiger partial charge in [0.2, 0.25) is 0 Å². The summed E-state index contributed by atoms with van der Waals surface area (Å²) in [4.78, 5) is 16.2. The molecule has 0 saturated heterocycles. The highest BCUT2D eigenvalue weighted by molar-refractivity contribution is 6.36. The zero-order valence-electron chi connectivity index (χ0n) is 12.3. The average Bonchev–Trinajstić information content (AvgIpc) is 2.50. The van der Waals surface area contributed by atoms with Gasteiger partial charge in [-0.05, 0) is 49.8 Å². The van der Waals surface area contributed by atoms with E-state index in [1.807, 2.05) is 13.0 Å². The maximum Gasteiger partial charge on any atom is 0.310 e. The number of pyridine rings is 1. The Kier molecular flexibility index (Phi) is 3.85. The van der Waals surface area contributed by atoms with Crippen LogP contribution in [0.1, 0.15) is 35.2 Å². The second-order valence-corrected chi connectivity index (χ2v) is 5.93. The molecule has 3 rings (SSSR count). The Balaban J connectivity index is 2.23. The number of ether oxygens (including phenoxy) is 1. The van der Waals surface area contributed by atoms with Gasteiger partial charge in [-0.15, -0.1) is 0 Å². The Morgan fingerprint density at radius 2 is 2.10 bits per heavy atom. The molecule has 0 spiro atoms. The SMILES string of the molecule is COC(=O)Cc1c(C)nc2ccc3c(c2c1Cl)CCCC3. The summed E-state index contributed by atoms with van der Waals surface area (Å²) in [7, 11) is 1.39. The first-order chi connectivity index (χ1) is 10.1. The molecule has 1 aromatic heterocycles. The summed E-state index contributed by atoms with van der Waals surface area (Å²) in [5, 5.41) is 1.69. The van der Waals surface area contributed by atoms with Gasteiger partial charge in [0.1, 0.15) is 0 Å². The van der Waals surface area contributed by atoms with E-state index < -0.39 is 0 Å². The number of aromatic nitrogens is 1. The third-order valence-corrected chi connectivity index (χ3v) is 4.69. The molecule has 0 aliphatic heterocycles. The van der Waals surface area contributed by atoms with E-state index in [4.69, 9.17) is 16.3 Å². The molecule has 0 N–H and O–H groups in total. The van der Waals surface area contributed by atoms with Crippen molar-refractivity contribution in [1.82, 2.24) is 4.98 Å². The van der Waals surface area contributed by atoms with Crippen molar-refractivity contribution >= 4 is 28.5 Å². The van der Waals surface area contributed by atoms with Gasteiger partial charge in [-0.2, -0.15) is 0 Å². The maximum absolute atomic E-state index is 11.6. The summed E-state index contributed by atoms with van der Waals surface area (Å²) >= 11 is 6.64. The van der Waals surface area contributed by atoms with E-state index in [0.717, 1.165) is 35.0 Å². The van der Waals surface area contributed by atoms with Gasteiger partial charge in [0, 0.05) is 16.6 Å². The van der Waals surface area contributed by atoms with E-state index in [2.05, 4.69) is 11.1 Å². The van der Waals surface area contributed by atoms with E-state index in [9.17, 15) is 4.79 Å². The third kappa shape index (κ3) is 2.51. The number of nitrogens with zero attached hydrogens (tertiary/aromatic N) is 1. The van der Waals surface area contributed by atoms with Crippen LogP contribution in [-0.4, -0.2) is 18.1 Å². The predicted octanol–water partition coefficient (Wildman–Crippen LogP) is 3.79. The number of fused-ring (bicyclic) bond motifs is 3. The van der Waals surface area contributed by atoms with Crippen molar-refractivity contribution in [2.45, 2.75) is 39.0 Å². The molecule has 1 aliphatic rings. The molecule has 0 atom stereocenters. The Bertz CT molecular complexity index is 725. The quantitative estimate of drug-likeness (QED) is 0.792. The average molecular weight is 304 g/mol. The maximum atomic E-state index is 11.6. The summed E-state index contributed by atoms with van der Waals surface area (Å²) in [6.07, 6.45) is 4.72. The first-order valence-corrected chi connectivity index (χ1v) is 7.66. The van der Waals surface area contributed by atoms with E-state index in [1.165, 1.54) is 31.1 Å². The van der Waals surface area contributed by atoms with Crippen LogP contribution in [0.3, 0.4) is 0 Å². The third-order valence-electron chi connectivity index (χ3n) is 4.27. The highest BCUT2D eigenvalue weighted by atomic mass is 35.5. The largest absolute Gasteiger partial charge is 0.469 e. The number of aryl methyl sites for hydroxylation is 3. The minimum atomic E-state index is -0.286. The standard InChI is InChI=1S/C17H18ClNO2/c1-10-13(9-15(20)21-2)17(18)16-12-6-4-3-5-11(12)7-8-14(16)19-10/h7-8H,3-6,9H2,1-2H3. The highest BCUT2D eigenvalue weighted by Crippen LogP contribution is 2.35. The van der Waals surface area contributed by atoms with Crippen LogP contribution >= 0.6 is 11.6 Å². The molecule has 0 radical (unpaired) electrons. The second-order valence-electron chi connectivity index (χ2n) is 5.55. The zero-order chi connectivity index (χ0) is 15.0. The lowest BCUT2D eigenvalue weighted by molar-refractivity contribution is -0.139. The van der Waals surface area contributed by atoms with E-state index >= 15 is 0 Å². The predicted molar refractivity (Wildman–Crippen MR) is 83.9 cm³/mol. The first kappa shape index (κ1) is 14.3. The van der Waals surface area contributed by atoms with Crippen molar-refractivity contribution in [3.8, 4) is 0 Å². The number of carbonyl (C=O) groups is 1. The van der Waals surface area contributed by atoms with Crippen LogP contribution < -0.4 is 0 Å². The molecule has 4 heteroatoms. The molecule has 0 unspecified atom stereocenters. The molecule has 2 aromatic rings. The number of hydrogen-bond donors (Lipinski definition) is 0. The van der Waals surface area contributed by atoms with Gasteiger partial charge in [-0.3, -0.25) is 9.78 Å². The summed E-state index contributed by atoms with van der Waals surface area (Å²) < 4.78 is 4.76. The Morgan fingerprint density at radius 1 is 1.33 bits per heavy atom. The minimum absolute atomic E-state index is 0.174. The van der Waals surface area contributed by atoms with Crippen molar-refractivity contribution < 1.29 is 9.53 Å². The summed E-state index contributed by atoms with van der Waals surface area (Å²) in [6.45, 7) is 1.89. The van der Waals surface area contributed by atoms with Crippen LogP contribution in [0.2, 0.25) is 5.02 Å². The lowest BCUT2D eigenvalue weighted by Gasteiger charge is -2.20. The topological polar surface area (TPSA) is 39.2 Å². The normalized spacial score (nSPS) is 14.0. The lowest BCUT2D eigenvalue weighted by atomic mass is 9.88. The van der Waals surface area contributed by atoms with Gasteiger partial charge < -0.3 is 4.74 Å². The lowest BCUT2D eigenvalue weighted by Crippen LogP contribution is -2.10. The Hall–Kier alpha value is -1.61. The molecule has 0 fully saturated rings. The number of methoxy groups -OCH3 is 1. The fourth-order valence-electron chi connectivity index (χ4n) is 3.13. The van der Waals surface area contributed by atoms with Crippen LogP contribution in [0.5, 0.6) is 0 Å². The van der Waals surface area contributed by atoms with Crippen LogP contribution in [0.15, 0.2) is 12.1 Å². The van der Waals surface area contributed by atoms with Gasteiger partial charge in [-0.25, -0.2) is 0 Å². The molecule has 110 valence electrons. The molecule has 0 amide bonds. The van der Waals surface area contributed by atoms with Gasteiger partial charge in [-0.1, -0.05) is 17.7 Å². The van der Waals surface area contributed by atoms with Gasteiger partial charge >= 0.3 is 5.97 Å². The van der Waals surface area contributed by atoms with Gasteiger partial charge in [0.25, 0.3) is 0 Å². The van der Waals surface area contributed by atoms with Crippen molar-refractivity contribution in [3.63, 3.8) is 0 Å². The minimum Gasteiger partial charge on any atom is -0.469 e. The van der Waals surface area contributed by atoms with E-state index in [-0.39, 0.29) is 12.4 Å². The molecule has 1 aliphatic carbocycles. The Morgan fingerprint density at radius 3 is 2.86 bits per heavy atom. The van der Waals surface area contributed by atoms with Crippen LogP contribution in [0.4, 0.5) is 0 Å². The van der Waals surface area contributed by atoms with Gasteiger partial charge in [0.15, 0.2) is 0 Å². The second kappa shape index (κ2) is 5.64. The fourth-order valence-corrected chi connectivity index (χ4v) is 3.55. The summed E-state index contributed by atoms with van der Waals surface area (Å²) in [5.74, 6) is -0.286. The zero-order valence-corrected chi connectivity index (χ0v) is 13.1. The van der Waals surface area contributed by atoms with Crippen molar-refractivity contribution in [1.29, 1.82) is 0 Å². The summed E-state index contributed by atoms with van der Waals surface area (Å²) in [5.41, 5.74) is 5.18. The number of carbonyl (C=O) groups excluding carboxylic acids is 1. The van der Waals surface area contributed by atoms with Crippen LogP contribution in [0.25, 0.3) is 10.9 Å². The fraction of sp³-hybridized carbons (Fsp3) is 0.412. The Labute approximate surface area is 129 Å². The number of esters is 1. The molecule has 21 heavy (non-hydrogen) atoms. The molecule has 0 saturated carbocycles. The van der Waals surface area contributed by atoms with Crippen LogP contribution in [-0.2, 0) is 28.8 Å². The van der Waals surface area contributed by atoms with E-state index in [0.29, 0.717) is 5.02 Å². The molecular formula is C17H18ClNO2. The number of benzene rings is 1. The van der Waals surface area contributed by atoms with Gasteiger partial charge in [0.05, 0.1) is 24.1 Å². The van der Waals surface area contributed by atoms with Crippen LogP contribution in [0, 0.1) is 6.92 Å². The molecule has 3 nitrogen and oxygen atoms in total. The van der Waals surface area contributed by atoms with Crippen molar-refractivity contribution in [2.75, 3.05) is 7.11 Å². The molecular weight excluding hydrogens is 286 g/mol. The highest BCUT2D eigenvalue weighted by Gasteiger charge is 2.20. The number of halogens is 1. The molecule has 1 aromatic carbocycles. The number of hydrogen-bond acceptors (Lipinski definition) is 3. The summed E-state index contributed by atoms with van der Waals surface area (Å²) in [6, 6.07) is 4.21. The van der Waals surface area contributed by atoms with Crippen molar-refractivity contribution in [3.05, 3.63) is 39.5 Å². The smallest absolute Gasteiger partial charge is 0.310 e. The first-order valence-electron chi connectivity index (χ1n) is 7.28. The molecule has 1 heterocycles. The monoisotopic (exact) mass is 303 g/mol. The number of rotatable bonds is 2. The molecule has 0 bridgehead atoms.